The lowest BCUT2D eigenvalue weighted by atomic mass is 10.3. The van der Waals surface area contributed by atoms with E-state index in [0.29, 0.717) is 33.1 Å². The van der Waals surface area contributed by atoms with Crippen LogP contribution in [-0.4, -0.2) is 16.0 Å². The number of anilines is 4. The third-order valence-electron chi connectivity index (χ3n) is 2.51. The van der Waals surface area contributed by atoms with Gasteiger partial charge in [0.05, 0.1) is 15.7 Å². The highest BCUT2D eigenvalue weighted by atomic mass is 35.5. The van der Waals surface area contributed by atoms with E-state index >= 15 is 0 Å². The molecule has 0 atom stereocenters. The molecule has 2 aromatic rings. The number of nitrogens with two attached hydrogens (primary N) is 1. The van der Waals surface area contributed by atoms with E-state index in [4.69, 9.17) is 28.9 Å². The predicted octanol–water partition coefficient (Wildman–Crippen LogP) is 3.93. The van der Waals surface area contributed by atoms with Crippen molar-refractivity contribution in [2.45, 2.75) is 19.9 Å². The molecule has 20 heavy (non-hydrogen) atoms. The second kappa shape index (κ2) is 6.15. The van der Waals surface area contributed by atoms with Crippen molar-refractivity contribution in [3.05, 3.63) is 34.6 Å². The van der Waals surface area contributed by atoms with Crippen molar-refractivity contribution < 1.29 is 0 Å². The molecular formula is C13H15Cl2N5. The van der Waals surface area contributed by atoms with Crippen LogP contribution in [-0.2, 0) is 0 Å². The lowest BCUT2D eigenvalue weighted by molar-refractivity contribution is 0.887. The van der Waals surface area contributed by atoms with E-state index in [1.807, 2.05) is 13.8 Å². The van der Waals surface area contributed by atoms with E-state index < -0.39 is 0 Å². The van der Waals surface area contributed by atoms with Crippen LogP contribution in [0.2, 0.25) is 10.0 Å². The van der Waals surface area contributed by atoms with Crippen LogP contribution < -0.4 is 16.4 Å². The van der Waals surface area contributed by atoms with Crippen LogP contribution in [0.15, 0.2) is 24.5 Å². The van der Waals surface area contributed by atoms with Gasteiger partial charge in [0, 0.05) is 6.04 Å². The van der Waals surface area contributed by atoms with Crippen LogP contribution in [0.3, 0.4) is 0 Å². The highest BCUT2D eigenvalue weighted by Gasteiger charge is 2.11. The van der Waals surface area contributed by atoms with Crippen LogP contribution in [0.4, 0.5) is 23.0 Å². The zero-order valence-electron chi connectivity index (χ0n) is 11.1. The van der Waals surface area contributed by atoms with Crippen molar-refractivity contribution in [2.24, 2.45) is 0 Å². The first-order chi connectivity index (χ1) is 9.49. The van der Waals surface area contributed by atoms with Gasteiger partial charge in [0.1, 0.15) is 12.0 Å². The molecule has 0 saturated carbocycles. The number of rotatable bonds is 4. The minimum atomic E-state index is 0.217. The number of halogens is 2. The van der Waals surface area contributed by atoms with E-state index in [0.717, 1.165) is 0 Å². The number of nitrogens with zero attached hydrogens (tertiary/aromatic N) is 2. The van der Waals surface area contributed by atoms with E-state index in [9.17, 15) is 0 Å². The maximum atomic E-state index is 6.13. The topological polar surface area (TPSA) is 75.9 Å². The number of benzene rings is 1. The van der Waals surface area contributed by atoms with Crippen molar-refractivity contribution in [3.63, 3.8) is 0 Å². The zero-order valence-corrected chi connectivity index (χ0v) is 12.6. The van der Waals surface area contributed by atoms with Gasteiger partial charge < -0.3 is 16.4 Å². The Morgan fingerprint density at radius 2 is 1.85 bits per heavy atom. The molecule has 0 amide bonds. The maximum absolute atomic E-state index is 6.13. The Labute approximate surface area is 127 Å². The van der Waals surface area contributed by atoms with Crippen LogP contribution in [0, 0.1) is 0 Å². The molecule has 4 N–H and O–H groups in total. The fraction of sp³-hybridized carbons (Fsp3) is 0.231. The smallest absolute Gasteiger partial charge is 0.159 e. The molecular weight excluding hydrogens is 297 g/mol. The molecule has 1 aromatic carbocycles. The summed E-state index contributed by atoms with van der Waals surface area (Å²) in [4.78, 5) is 8.24. The quantitative estimate of drug-likeness (QED) is 0.797. The summed E-state index contributed by atoms with van der Waals surface area (Å²) >= 11 is 12.1. The summed E-state index contributed by atoms with van der Waals surface area (Å²) < 4.78 is 0. The summed E-state index contributed by atoms with van der Waals surface area (Å²) in [6, 6.07) is 5.52. The molecule has 5 nitrogen and oxygen atoms in total. The van der Waals surface area contributed by atoms with Crippen molar-refractivity contribution >= 4 is 46.2 Å². The van der Waals surface area contributed by atoms with Gasteiger partial charge in [-0.2, -0.15) is 0 Å². The molecule has 0 spiro atoms. The molecule has 1 aromatic heterocycles. The van der Waals surface area contributed by atoms with Crippen LogP contribution in [0.1, 0.15) is 13.8 Å². The molecule has 0 fully saturated rings. The Hall–Kier alpha value is -1.72. The van der Waals surface area contributed by atoms with Crippen molar-refractivity contribution in [3.8, 4) is 0 Å². The fourth-order valence-corrected chi connectivity index (χ4v) is 1.96. The highest BCUT2D eigenvalue weighted by molar-refractivity contribution is 6.43. The van der Waals surface area contributed by atoms with E-state index in [-0.39, 0.29) is 6.04 Å². The van der Waals surface area contributed by atoms with Gasteiger partial charge in [-0.1, -0.05) is 29.3 Å². The third-order valence-corrected chi connectivity index (χ3v) is 3.33. The van der Waals surface area contributed by atoms with Gasteiger partial charge in [0.2, 0.25) is 0 Å². The van der Waals surface area contributed by atoms with Gasteiger partial charge in [-0.15, -0.1) is 0 Å². The number of nitrogens with one attached hydrogen (secondary N) is 2. The predicted molar refractivity (Wildman–Crippen MR) is 84.9 cm³/mol. The van der Waals surface area contributed by atoms with Crippen LogP contribution >= 0.6 is 23.2 Å². The van der Waals surface area contributed by atoms with Gasteiger partial charge in [0.15, 0.2) is 11.6 Å². The fourth-order valence-electron chi connectivity index (χ4n) is 1.61. The molecule has 106 valence electrons. The summed E-state index contributed by atoms with van der Waals surface area (Å²) in [5, 5.41) is 7.10. The summed E-state index contributed by atoms with van der Waals surface area (Å²) in [7, 11) is 0. The maximum Gasteiger partial charge on any atom is 0.159 e. The minimum absolute atomic E-state index is 0.217. The van der Waals surface area contributed by atoms with E-state index in [2.05, 4.69) is 20.6 Å². The monoisotopic (exact) mass is 311 g/mol. The minimum Gasteiger partial charge on any atom is -0.393 e. The number of nitrogen functional groups attached to an aromatic ring is 1. The third kappa shape index (κ3) is 3.23. The Morgan fingerprint density at radius 3 is 2.55 bits per heavy atom. The first-order valence-electron chi connectivity index (χ1n) is 6.07. The second-order valence-corrected chi connectivity index (χ2v) is 5.30. The van der Waals surface area contributed by atoms with Crippen molar-refractivity contribution in [1.29, 1.82) is 0 Å². The van der Waals surface area contributed by atoms with Crippen molar-refractivity contribution in [1.82, 2.24) is 9.97 Å². The average Bonchev–Trinajstić information content (AvgIpc) is 2.39. The SMILES string of the molecule is CC(C)Nc1ncnc(Nc2cccc(Cl)c2Cl)c1N. The van der Waals surface area contributed by atoms with Gasteiger partial charge in [0.25, 0.3) is 0 Å². The molecule has 2 rings (SSSR count). The first kappa shape index (κ1) is 14.7. The highest BCUT2D eigenvalue weighted by Crippen LogP contribution is 2.33. The lowest BCUT2D eigenvalue weighted by Gasteiger charge is -2.15. The lowest BCUT2D eigenvalue weighted by Crippen LogP contribution is -2.14. The molecule has 0 radical (unpaired) electrons. The average molecular weight is 312 g/mol. The molecule has 1 heterocycles. The first-order valence-corrected chi connectivity index (χ1v) is 6.82. The Morgan fingerprint density at radius 1 is 1.15 bits per heavy atom. The van der Waals surface area contributed by atoms with E-state index in [1.54, 1.807) is 18.2 Å². The summed E-state index contributed by atoms with van der Waals surface area (Å²) in [5.41, 5.74) is 7.11. The van der Waals surface area contributed by atoms with Crippen LogP contribution in [0.25, 0.3) is 0 Å². The van der Waals surface area contributed by atoms with Gasteiger partial charge >= 0.3 is 0 Å². The normalized spacial score (nSPS) is 10.7. The molecule has 0 bridgehead atoms. The standard InChI is InChI=1S/C13H15Cl2N5/c1-7(2)19-12-11(16)13(18-6-17-12)20-9-5-3-4-8(14)10(9)15/h3-7H,16H2,1-2H3,(H2,17,18,19,20). The molecule has 0 saturated heterocycles. The molecule has 0 unspecified atom stereocenters. The molecule has 7 heteroatoms. The summed E-state index contributed by atoms with van der Waals surface area (Å²) in [6.45, 7) is 4.00. The van der Waals surface area contributed by atoms with E-state index in [1.165, 1.54) is 6.33 Å². The van der Waals surface area contributed by atoms with Gasteiger partial charge in [-0.3, -0.25) is 0 Å². The summed E-state index contributed by atoms with van der Waals surface area (Å²) in [6.07, 6.45) is 1.43. The number of aromatic nitrogens is 2. The number of hydrogen-bond acceptors (Lipinski definition) is 5. The van der Waals surface area contributed by atoms with Gasteiger partial charge in [-0.05, 0) is 26.0 Å². The Kier molecular flexibility index (Phi) is 4.52. The zero-order chi connectivity index (χ0) is 14.7. The molecule has 0 aliphatic heterocycles. The van der Waals surface area contributed by atoms with Crippen molar-refractivity contribution in [2.75, 3.05) is 16.4 Å². The Bertz CT molecular complexity index is 616. The largest absolute Gasteiger partial charge is 0.393 e. The molecule has 0 aliphatic rings. The van der Waals surface area contributed by atoms with Gasteiger partial charge in [-0.25, -0.2) is 9.97 Å². The summed E-state index contributed by atoms with van der Waals surface area (Å²) in [5.74, 6) is 1.06. The number of hydrogen-bond donors (Lipinski definition) is 3. The second-order valence-electron chi connectivity index (χ2n) is 4.51. The Balaban J connectivity index is 2.32. The van der Waals surface area contributed by atoms with Crippen LogP contribution in [0.5, 0.6) is 0 Å². The molecule has 0 aliphatic carbocycles.